The molecular weight excluding hydrogens is 512 g/mol. The van der Waals surface area contributed by atoms with Crippen molar-refractivity contribution in [1.82, 2.24) is 4.98 Å². The van der Waals surface area contributed by atoms with Crippen LogP contribution in [0.3, 0.4) is 0 Å². The van der Waals surface area contributed by atoms with Crippen molar-refractivity contribution in [2.24, 2.45) is 0 Å². The molecule has 0 bridgehead atoms. The van der Waals surface area contributed by atoms with E-state index >= 15 is 0 Å². The van der Waals surface area contributed by atoms with Crippen molar-refractivity contribution in [3.05, 3.63) is 113 Å². The van der Waals surface area contributed by atoms with Gasteiger partial charge in [0.05, 0.1) is 11.4 Å². The first-order valence-electron chi connectivity index (χ1n) is 14.7. The average molecular weight is 553 g/mol. The molecule has 4 aromatic rings. The SMILES string of the molecule is CCCCCCCc1c(N(Cc2ccccc2)S(=O)(=O)c2ccc(C)cc2)nc2c(c1-c1ccccc1)CCC2. The summed E-state index contributed by atoms with van der Waals surface area (Å²) in [4.78, 5) is 5.50. The minimum Gasteiger partial charge on any atom is -0.245 e. The highest BCUT2D eigenvalue weighted by Gasteiger charge is 2.32. The summed E-state index contributed by atoms with van der Waals surface area (Å²) in [6.07, 6.45) is 9.47. The van der Waals surface area contributed by atoms with E-state index in [1.807, 2.05) is 55.5 Å². The molecule has 0 aliphatic heterocycles. The molecule has 0 atom stereocenters. The number of hydrogen-bond donors (Lipinski definition) is 0. The molecule has 0 N–H and O–H groups in total. The minimum absolute atomic E-state index is 0.236. The standard InChI is InChI=1S/C35H40N2O2S/c1-3-4-5-6-13-19-32-34(29-17-11-8-12-18-29)31-20-14-21-33(31)36-35(32)37(26-28-15-9-7-10-16-28)40(38,39)30-24-22-27(2)23-25-30/h7-12,15-18,22-25H,3-6,13-14,19-21,26H2,1-2H3. The fraction of sp³-hybridized carbons (Fsp3) is 0.343. The molecule has 5 rings (SSSR count). The maximum absolute atomic E-state index is 14.4. The molecule has 0 saturated carbocycles. The van der Waals surface area contributed by atoms with Crippen LogP contribution in [0.4, 0.5) is 5.82 Å². The van der Waals surface area contributed by atoms with E-state index < -0.39 is 10.0 Å². The Labute approximate surface area is 240 Å². The third-order valence-corrected chi connectivity index (χ3v) is 9.66. The number of fused-ring (bicyclic) bond motifs is 1. The molecule has 5 heteroatoms. The number of pyridine rings is 1. The van der Waals surface area contributed by atoms with Crippen molar-refractivity contribution in [2.45, 2.75) is 83.1 Å². The molecule has 3 aromatic carbocycles. The molecule has 0 unspecified atom stereocenters. The van der Waals surface area contributed by atoms with Gasteiger partial charge in [0.15, 0.2) is 0 Å². The Morgan fingerprint density at radius 3 is 2.17 bits per heavy atom. The third kappa shape index (κ3) is 6.15. The Morgan fingerprint density at radius 2 is 1.48 bits per heavy atom. The van der Waals surface area contributed by atoms with Crippen LogP contribution < -0.4 is 4.31 Å². The van der Waals surface area contributed by atoms with E-state index in [-0.39, 0.29) is 6.54 Å². The Bertz CT molecular complexity index is 1520. The molecule has 0 amide bonds. The number of rotatable bonds is 12. The van der Waals surface area contributed by atoms with E-state index in [4.69, 9.17) is 4.98 Å². The van der Waals surface area contributed by atoms with Crippen LogP contribution in [-0.2, 0) is 35.8 Å². The molecule has 0 radical (unpaired) electrons. The second-order valence-electron chi connectivity index (χ2n) is 10.9. The van der Waals surface area contributed by atoms with Crippen molar-refractivity contribution >= 4 is 15.8 Å². The van der Waals surface area contributed by atoms with Crippen molar-refractivity contribution in [2.75, 3.05) is 4.31 Å². The normalized spacial score (nSPS) is 12.8. The third-order valence-electron chi connectivity index (χ3n) is 7.91. The van der Waals surface area contributed by atoms with Crippen LogP contribution in [-0.4, -0.2) is 13.4 Å². The largest absolute Gasteiger partial charge is 0.265 e. The molecule has 1 aromatic heterocycles. The fourth-order valence-electron chi connectivity index (χ4n) is 5.77. The number of anilines is 1. The molecule has 0 saturated heterocycles. The lowest BCUT2D eigenvalue weighted by Crippen LogP contribution is -2.33. The fourth-order valence-corrected chi connectivity index (χ4v) is 7.20. The van der Waals surface area contributed by atoms with Gasteiger partial charge < -0.3 is 0 Å². The smallest absolute Gasteiger partial charge is 0.245 e. The topological polar surface area (TPSA) is 50.3 Å². The van der Waals surface area contributed by atoms with Crippen molar-refractivity contribution in [1.29, 1.82) is 0 Å². The van der Waals surface area contributed by atoms with Gasteiger partial charge in [0.2, 0.25) is 0 Å². The van der Waals surface area contributed by atoms with Crippen LogP contribution in [0, 0.1) is 6.92 Å². The number of aromatic nitrogens is 1. The lowest BCUT2D eigenvalue weighted by Gasteiger charge is -2.29. The van der Waals surface area contributed by atoms with Gasteiger partial charge in [-0.3, -0.25) is 0 Å². The monoisotopic (exact) mass is 552 g/mol. The number of benzene rings is 3. The van der Waals surface area contributed by atoms with Gasteiger partial charge in [-0.25, -0.2) is 17.7 Å². The second-order valence-corrected chi connectivity index (χ2v) is 12.8. The Kier molecular flexibility index (Phi) is 9.01. The number of nitrogens with zero attached hydrogens (tertiary/aromatic N) is 2. The maximum atomic E-state index is 14.4. The summed E-state index contributed by atoms with van der Waals surface area (Å²) in [6.45, 7) is 4.44. The van der Waals surface area contributed by atoms with Crippen LogP contribution in [0.1, 0.15) is 73.4 Å². The molecule has 1 aliphatic carbocycles. The summed E-state index contributed by atoms with van der Waals surface area (Å²) in [6, 6.07) is 27.6. The van der Waals surface area contributed by atoms with E-state index in [1.165, 1.54) is 30.4 Å². The Hall–Kier alpha value is -3.44. The molecule has 1 heterocycles. The number of aryl methyl sites for hydroxylation is 2. The number of sulfonamides is 1. The van der Waals surface area contributed by atoms with Crippen molar-refractivity contribution < 1.29 is 8.42 Å². The van der Waals surface area contributed by atoms with Gasteiger partial charge in [-0.1, -0.05) is 111 Å². The highest BCUT2D eigenvalue weighted by molar-refractivity contribution is 7.92. The van der Waals surface area contributed by atoms with Gasteiger partial charge >= 0.3 is 0 Å². The summed E-state index contributed by atoms with van der Waals surface area (Å²) in [5, 5.41) is 0. The first-order chi connectivity index (χ1) is 19.5. The summed E-state index contributed by atoms with van der Waals surface area (Å²) in [7, 11) is -3.88. The zero-order valence-electron chi connectivity index (χ0n) is 23.8. The number of hydrogen-bond acceptors (Lipinski definition) is 3. The lowest BCUT2D eigenvalue weighted by atomic mass is 9.91. The van der Waals surface area contributed by atoms with Gasteiger partial charge in [0.1, 0.15) is 5.82 Å². The summed E-state index contributed by atoms with van der Waals surface area (Å²) < 4.78 is 30.5. The van der Waals surface area contributed by atoms with Crippen LogP contribution >= 0.6 is 0 Å². The van der Waals surface area contributed by atoms with Crippen molar-refractivity contribution in [3.8, 4) is 11.1 Å². The van der Waals surface area contributed by atoms with E-state index in [0.29, 0.717) is 10.7 Å². The van der Waals surface area contributed by atoms with Crippen LogP contribution in [0.25, 0.3) is 11.1 Å². The van der Waals surface area contributed by atoms with Gasteiger partial charge in [0, 0.05) is 11.3 Å². The molecule has 40 heavy (non-hydrogen) atoms. The lowest BCUT2D eigenvalue weighted by molar-refractivity contribution is 0.589. The maximum Gasteiger partial charge on any atom is 0.265 e. The predicted molar refractivity (Wildman–Crippen MR) is 165 cm³/mol. The molecule has 4 nitrogen and oxygen atoms in total. The van der Waals surface area contributed by atoms with E-state index in [1.54, 1.807) is 16.4 Å². The van der Waals surface area contributed by atoms with Crippen LogP contribution in [0.15, 0.2) is 89.8 Å². The summed E-state index contributed by atoms with van der Waals surface area (Å²) in [5.74, 6) is 0.597. The highest BCUT2D eigenvalue weighted by atomic mass is 32.2. The van der Waals surface area contributed by atoms with Gasteiger partial charge in [-0.2, -0.15) is 0 Å². The average Bonchev–Trinajstić information content (AvgIpc) is 3.45. The van der Waals surface area contributed by atoms with Crippen LogP contribution in [0.2, 0.25) is 0 Å². The first-order valence-corrected chi connectivity index (χ1v) is 16.2. The Morgan fingerprint density at radius 1 is 0.800 bits per heavy atom. The van der Waals surface area contributed by atoms with Gasteiger partial charge in [-0.05, 0) is 73.4 Å². The molecular formula is C35H40N2O2S. The molecule has 0 spiro atoms. The zero-order chi connectivity index (χ0) is 28.0. The minimum atomic E-state index is -3.88. The quantitative estimate of drug-likeness (QED) is 0.166. The van der Waals surface area contributed by atoms with Gasteiger partial charge in [-0.15, -0.1) is 0 Å². The van der Waals surface area contributed by atoms with Crippen molar-refractivity contribution in [3.63, 3.8) is 0 Å². The molecule has 0 fully saturated rings. The molecule has 1 aliphatic rings. The first kappa shape index (κ1) is 28.1. The predicted octanol–water partition coefficient (Wildman–Crippen LogP) is 8.45. The van der Waals surface area contributed by atoms with E-state index in [9.17, 15) is 8.42 Å². The van der Waals surface area contributed by atoms with Gasteiger partial charge in [0.25, 0.3) is 10.0 Å². The summed E-state index contributed by atoms with van der Waals surface area (Å²) in [5.41, 5.74) is 7.73. The zero-order valence-corrected chi connectivity index (χ0v) is 24.6. The van der Waals surface area contributed by atoms with E-state index in [0.717, 1.165) is 66.5 Å². The Balaban J connectivity index is 1.71. The van der Waals surface area contributed by atoms with E-state index in [2.05, 4.69) is 31.2 Å². The number of unbranched alkanes of at least 4 members (excludes halogenated alkanes) is 4. The highest BCUT2D eigenvalue weighted by Crippen LogP contribution is 2.41. The van der Waals surface area contributed by atoms with Crippen LogP contribution in [0.5, 0.6) is 0 Å². The second kappa shape index (κ2) is 12.8. The summed E-state index contributed by atoms with van der Waals surface area (Å²) >= 11 is 0. The molecule has 208 valence electrons.